The number of carbonyl (C=O) groups is 3. The molecule has 9 heteroatoms. The zero-order valence-corrected chi connectivity index (χ0v) is 11.2. The van der Waals surface area contributed by atoms with Gasteiger partial charge in [0.2, 0.25) is 0 Å². The van der Waals surface area contributed by atoms with E-state index in [1.807, 2.05) is 5.43 Å². The molecule has 1 aromatic carbocycles. The minimum atomic E-state index is -1.14. The molecule has 0 atom stereocenters. The summed E-state index contributed by atoms with van der Waals surface area (Å²) in [6.45, 7) is -0.279. The molecule has 5 N–H and O–H groups in total. The monoisotopic (exact) mass is 294 g/mol. The zero-order chi connectivity index (χ0) is 15.8. The van der Waals surface area contributed by atoms with Crippen molar-refractivity contribution < 1.29 is 23.9 Å². The van der Waals surface area contributed by atoms with E-state index in [4.69, 9.17) is 20.9 Å². The van der Waals surface area contributed by atoms with E-state index >= 15 is 0 Å². The number of primary amides is 2. The number of nitrogens with zero attached hydrogens (tertiary/aromatic N) is 1. The number of hydrogen-bond acceptors (Lipinski definition) is 6. The minimum absolute atomic E-state index is 0.279. The summed E-state index contributed by atoms with van der Waals surface area (Å²) in [7, 11) is 1.42. The van der Waals surface area contributed by atoms with Crippen LogP contribution in [0.4, 0.5) is 0 Å². The number of hydrazone groups is 1. The molecule has 1 rings (SSSR count). The highest BCUT2D eigenvalue weighted by Crippen LogP contribution is 2.27. The maximum absolute atomic E-state index is 10.9. The Labute approximate surface area is 119 Å². The zero-order valence-electron chi connectivity index (χ0n) is 11.2. The van der Waals surface area contributed by atoms with Crippen molar-refractivity contribution in [2.45, 2.75) is 0 Å². The van der Waals surface area contributed by atoms with Crippen LogP contribution in [0.1, 0.15) is 5.56 Å². The fraction of sp³-hybridized carbons (Fsp3) is 0.167. The summed E-state index contributed by atoms with van der Waals surface area (Å²) in [4.78, 5) is 32.0. The van der Waals surface area contributed by atoms with Crippen molar-refractivity contribution in [1.82, 2.24) is 5.43 Å². The maximum atomic E-state index is 10.9. The Kier molecular flexibility index (Phi) is 5.68. The van der Waals surface area contributed by atoms with Crippen LogP contribution < -0.4 is 26.4 Å². The molecule has 3 amide bonds. The van der Waals surface area contributed by atoms with Crippen molar-refractivity contribution in [3.63, 3.8) is 0 Å². The highest BCUT2D eigenvalue weighted by molar-refractivity contribution is 6.34. The van der Waals surface area contributed by atoms with Gasteiger partial charge in [0.05, 0.1) is 13.3 Å². The third-order valence-corrected chi connectivity index (χ3v) is 2.16. The van der Waals surface area contributed by atoms with Crippen LogP contribution in [0.15, 0.2) is 23.3 Å². The second kappa shape index (κ2) is 7.48. The van der Waals surface area contributed by atoms with Crippen LogP contribution in [0.25, 0.3) is 0 Å². The summed E-state index contributed by atoms with van der Waals surface area (Å²) in [5, 5.41) is 3.55. The van der Waals surface area contributed by atoms with Crippen LogP contribution in [0.3, 0.4) is 0 Å². The van der Waals surface area contributed by atoms with Gasteiger partial charge in [-0.05, 0) is 23.8 Å². The van der Waals surface area contributed by atoms with Gasteiger partial charge in [0.15, 0.2) is 18.1 Å². The normalized spacial score (nSPS) is 10.1. The molecule has 0 unspecified atom stereocenters. The smallest absolute Gasteiger partial charge is 0.329 e. The summed E-state index contributed by atoms with van der Waals surface area (Å²) in [5.74, 6) is -2.10. The number of carbonyl (C=O) groups excluding carboxylic acids is 3. The van der Waals surface area contributed by atoms with E-state index in [2.05, 4.69) is 5.10 Å². The molecule has 0 saturated carbocycles. The van der Waals surface area contributed by atoms with E-state index in [0.29, 0.717) is 17.1 Å². The number of ether oxygens (including phenoxy) is 2. The Morgan fingerprint density at radius 2 is 2.00 bits per heavy atom. The molecule has 0 bridgehead atoms. The van der Waals surface area contributed by atoms with Crippen LogP contribution in [-0.2, 0) is 14.4 Å². The van der Waals surface area contributed by atoms with Gasteiger partial charge in [0.1, 0.15) is 0 Å². The lowest BCUT2D eigenvalue weighted by Crippen LogP contribution is -2.32. The van der Waals surface area contributed by atoms with Gasteiger partial charge in [-0.25, -0.2) is 5.43 Å². The van der Waals surface area contributed by atoms with Crippen molar-refractivity contribution >= 4 is 23.9 Å². The van der Waals surface area contributed by atoms with Gasteiger partial charge < -0.3 is 20.9 Å². The number of nitrogens with two attached hydrogens (primary N) is 2. The van der Waals surface area contributed by atoms with Crippen molar-refractivity contribution in [3.05, 3.63) is 23.8 Å². The lowest BCUT2D eigenvalue weighted by Gasteiger charge is -2.09. The Morgan fingerprint density at radius 1 is 1.29 bits per heavy atom. The van der Waals surface area contributed by atoms with Crippen LogP contribution in [0, 0.1) is 0 Å². The highest BCUT2D eigenvalue weighted by Gasteiger charge is 2.07. The fourth-order valence-corrected chi connectivity index (χ4v) is 1.25. The molecule has 0 saturated heterocycles. The molecule has 0 heterocycles. The van der Waals surface area contributed by atoms with Gasteiger partial charge in [-0.1, -0.05) is 0 Å². The molecular formula is C12H14N4O5. The van der Waals surface area contributed by atoms with E-state index in [-0.39, 0.29) is 6.61 Å². The van der Waals surface area contributed by atoms with Crippen LogP contribution in [0.5, 0.6) is 11.5 Å². The standard InChI is InChI=1S/C12H14N4O5/c1-20-9-4-7(5-15-16-12(19)11(14)18)2-3-8(9)21-6-10(13)17/h2-5H,6H2,1H3,(H2,13,17)(H2,14,18)(H,16,19)/b15-5-. The Balaban J connectivity index is 2.77. The molecule has 1 aromatic rings. The summed E-state index contributed by atoms with van der Waals surface area (Å²) in [5.41, 5.74) is 12.2. The summed E-state index contributed by atoms with van der Waals surface area (Å²) < 4.78 is 10.2. The quantitative estimate of drug-likeness (QED) is 0.332. The number of rotatable bonds is 6. The highest BCUT2D eigenvalue weighted by atomic mass is 16.5. The fourth-order valence-electron chi connectivity index (χ4n) is 1.25. The molecule has 0 fully saturated rings. The first-order valence-corrected chi connectivity index (χ1v) is 5.66. The molecule has 9 nitrogen and oxygen atoms in total. The average molecular weight is 294 g/mol. The molecule has 0 aromatic heterocycles. The molecule has 0 aliphatic carbocycles. The van der Waals surface area contributed by atoms with E-state index in [1.54, 1.807) is 18.2 Å². The van der Waals surface area contributed by atoms with E-state index in [1.165, 1.54) is 13.3 Å². The first kappa shape index (κ1) is 16.0. The summed E-state index contributed by atoms with van der Waals surface area (Å²) in [6, 6.07) is 4.69. The van der Waals surface area contributed by atoms with Gasteiger partial charge >= 0.3 is 11.8 Å². The Morgan fingerprint density at radius 3 is 2.57 bits per heavy atom. The van der Waals surface area contributed by atoms with Crippen LogP contribution in [0.2, 0.25) is 0 Å². The molecule has 0 aliphatic heterocycles. The van der Waals surface area contributed by atoms with Crippen molar-refractivity contribution in [2.75, 3.05) is 13.7 Å². The van der Waals surface area contributed by atoms with E-state index in [0.717, 1.165) is 0 Å². The average Bonchev–Trinajstić information content (AvgIpc) is 2.45. The molecule has 112 valence electrons. The second-order valence-electron chi connectivity index (χ2n) is 3.73. The van der Waals surface area contributed by atoms with E-state index < -0.39 is 17.7 Å². The van der Waals surface area contributed by atoms with Gasteiger partial charge in [-0.15, -0.1) is 0 Å². The molecule has 0 spiro atoms. The van der Waals surface area contributed by atoms with Crippen LogP contribution >= 0.6 is 0 Å². The lowest BCUT2D eigenvalue weighted by molar-refractivity contribution is -0.137. The second-order valence-corrected chi connectivity index (χ2v) is 3.73. The molecule has 21 heavy (non-hydrogen) atoms. The molecule has 0 radical (unpaired) electrons. The minimum Gasteiger partial charge on any atom is -0.493 e. The van der Waals surface area contributed by atoms with Crippen molar-refractivity contribution in [1.29, 1.82) is 0 Å². The van der Waals surface area contributed by atoms with Crippen molar-refractivity contribution in [3.8, 4) is 11.5 Å². The number of amides is 3. The summed E-state index contributed by atoms with van der Waals surface area (Å²) in [6.07, 6.45) is 1.28. The topological polar surface area (TPSA) is 146 Å². The molecular weight excluding hydrogens is 280 g/mol. The Hall–Kier alpha value is -3.10. The number of methoxy groups -OCH3 is 1. The third kappa shape index (κ3) is 5.19. The maximum Gasteiger partial charge on any atom is 0.329 e. The molecule has 0 aliphatic rings. The van der Waals surface area contributed by atoms with Gasteiger partial charge in [-0.3, -0.25) is 14.4 Å². The van der Waals surface area contributed by atoms with Gasteiger partial charge in [0, 0.05) is 0 Å². The van der Waals surface area contributed by atoms with Crippen molar-refractivity contribution in [2.24, 2.45) is 16.6 Å². The largest absolute Gasteiger partial charge is 0.493 e. The lowest BCUT2D eigenvalue weighted by atomic mass is 10.2. The predicted molar refractivity (Wildman–Crippen MR) is 72.6 cm³/mol. The SMILES string of the molecule is COc1cc(/C=N\NC(=O)C(N)=O)ccc1OCC(N)=O. The number of benzene rings is 1. The number of nitrogens with one attached hydrogen (secondary N) is 1. The van der Waals surface area contributed by atoms with Crippen LogP contribution in [-0.4, -0.2) is 37.7 Å². The van der Waals surface area contributed by atoms with Gasteiger partial charge in [-0.2, -0.15) is 5.10 Å². The summed E-state index contributed by atoms with van der Waals surface area (Å²) >= 11 is 0. The first-order valence-electron chi connectivity index (χ1n) is 5.66. The van der Waals surface area contributed by atoms with Gasteiger partial charge in [0.25, 0.3) is 5.91 Å². The third-order valence-electron chi connectivity index (χ3n) is 2.16. The number of hydrogen-bond donors (Lipinski definition) is 3. The first-order chi connectivity index (χ1) is 9.93. The Bertz CT molecular complexity index is 585. The predicted octanol–water partition coefficient (Wildman–Crippen LogP) is -1.51. The van der Waals surface area contributed by atoms with E-state index in [9.17, 15) is 14.4 Å².